The molecule has 0 aromatic heterocycles. The molecule has 0 N–H and O–H groups in total. The van der Waals surface area contributed by atoms with Gasteiger partial charge in [-0.05, 0) is 83.5 Å². The topological polar surface area (TPSA) is 78.9 Å². The molecular formula is C55H86O6. The monoisotopic (exact) mass is 843 g/mol. The normalized spacial score (nSPS) is 13.2. The van der Waals surface area contributed by atoms with E-state index in [0.717, 1.165) is 38.5 Å². The van der Waals surface area contributed by atoms with E-state index < -0.39 is 12.1 Å². The van der Waals surface area contributed by atoms with Gasteiger partial charge in [-0.25, -0.2) is 0 Å². The molecule has 0 heterocycles. The van der Waals surface area contributed by atoms with Crippen LogP contribution < -0.4 is 0 Å². The van der Waals surface area contributed by atoms with Gasteiger partial charge in [0.05, 0.1) is 0 Å². The fourth-order valence-corrected chi connectivity index (χ4v) is 5.95. The highest BCUT2D eigenvalue weighted by molar-refractivity contribution is 5.71. The van der Waals surface area contributed by atoms with Crippen LogP contribution in [0.3, 0.4) is 0 Å². The molecular weight excluding hydrogens is 757 g/mol. The van der Waals surface area contributed by atoms with E-state index in [2.05, 4.69) is 81.5 Å². The van der Waals surface area contributed by atoms with Gasteiger partial charge in [-0.2, -0.15) is 0 Å². The van der Waals surface area contributed by atoms with Gasteiger partial charge in [0.1, 0.15) is 13.2 Å². The first-order valence-electron chi connectivity index (χ1n) is 24.1. The minimum Gasteiger partial charge on any atom is -0.462 e. The second kappa shape index (κ2) is 48.5. The summed E-state index contributed by atoms with van der Waals surface area (Å²) < 4.78 is 16.6. The van der Waals surface area contributed by atoms with Crippen molar-refractivity contribution in [3.63, 3.8) is 0 Å². The van der Waals surface area contributed by atoms with Crippen molar-refractivity contribution in [3.8, 4) is 0 Å². The standard InChI is InChI=1S/C55H86O6/c1-4-7-10-13-16-19-22-25-26-27-28-31-33-36-39-42-45-48-54(57)60-51-52(61-55(58)49-46-43-40-37-34-30-24-21-18-15-12-9-6-3)50-59-53(56)47-44-41-38-35-32-29-23-20-17-14-11-8-5-2/h9,12,15,18,21,24-26,28-32,34,36-41,52H,4-8,10-11,13-14,16-17,19-20,22-23,27,33,35,42-51H2,1-3H3/b12-9-,18-15-,24-21-,26-25-,31-28-,32-29-,34-30-,39-36-,40-37-,41-38-. The van der Waals surface area contributed by atoms with Crippen LogP contribution in [0.5, 0.6) is 0 Å². The molecule has 0 rings (SSSR count). The van der Waals surface area contributed by atoms with E-state index in [0.29, 0.717) is 25.7 Å². The minimum atomic E-state index is -0.860. The van der Waals surface area contributed by atoms with E-state index in [-0.39, 0.29) is 44.4 Å². The minimum absolute atomic E-state index is 0.154. The molecule has 1 atom stereocenters. The Balaban J connectivity index is 4.65. The Bertz CT molecular complexity index is 1340. The van der Waals surface area contributed by atoms with E-state index in [9.17, 15) is 14.4 Å². The van der Waals surface area contributed by atoms with Crippen LogP contribution in [0.15, 0.2) is 122 Å². The Labute approximate surface area is 373 Å². The number of allylic oxidation sites excluding steroid dienone is 20. The molecule has 61 heavy (non-hydrogen) atoms. The number of rotatable bonds is 41. The van der Waals surface area contributed by atoms with Crippen molar-refractivity contribution in [2.75, 3.05) is 13.2 Å². The molecule has 0 spiro atoms. The van der Waals surface area contributed by atoms with Crippen LogP contribution in [0.4, 0.5) is 0 Å². The van der Waals surface area contributed by atoms with Gasteiger partial charge in [-0.1, -0.05) is 206 Å². The van der Waals surface area contributed by atoms with Crippen molar-refractivity contribution in [3.05, 3.63) is 122 Å². The summed E-state index contributed by atoms with van der Waals surface area (Å²) in [5.74, 6) is -1.16. The average Bonchev–Trinajstić information content (AvgIpc) is 3.26. The molecule has 0 aliphatic heterocycles. The Morgan fingerprint density at radius 2 is 0.738 bits per heavy atom. The maximum Gasteiger partial charge on any atom is 0.306 e. The van der Waals surface area contributed by atoms with E-state index in [4.69, 9.17) is 14.2 Å². The van der Waals surface area contributed by atoms with Crippen molar-refractivity contribution in [2.24, 2.45) is 0 Å². The molecule has 6 nitrogen and oxygen atoms in total. The molecule has 342 valence electrons. The van der Waals surface area contributed by atoms with Crippen LogP contribution in [0.1, 0.15) is 188 Å². The zero-order valence-corrected chi connectivity index (χ0v) is 38.9. The van der Waals surface area contributed by atoms with Crippen LogP contribution in [0, 0.1) is 0 Å². The lowest BCUT2D eigenvalue weighted by molar-refractivity contribution is -0.166. The lowest BCUT2D eigenvalue weighted by Gasteiger charge is -2.18. The lowest BCUT2D eigenvalue weighted by atomic mass is 10.1. The molecule has 1 unspecified atom stereocenters. The van der Waals surface area contributed by atoms with Crippen LogP contribution in [0.25, 0.3) is 0 Å². The molecule has 0 aliphatic carbocycles. The first-order chi connectivity index (χ1) is 30.0. The fraction of sp³-hybridized carbons (Fsp3) is 0.582. The molecule has 0 aromatic carbocycles. The van der Waals surface area contributed by atoms with E-state index in [1.54, 1.807) is 0 Å². The second-order valence-corrected chi connectivity index (χ2v) is 15.4. The molecule has 0 radical (unpaired) electrons. The molecule has 0 bridgehead atoms. The third-order valence-corrected chi connectivity index (χ3v) is 9.56. The van der Waals surface area contributed by atoms with Crippen molar-refractivity contribution in [1.29, 1.82) is 0 Å². The zero-order valence-electron chi connectivity index (χ0n) is 38.9. The molecule has 0 fully saturated rings. The maximum absolute atomic E-state index is 12.7. The predicted octanol–water partition coefficient (Wildman–Crippen LogP) is 15.7. The number of carbonyl (C=O) groups is 3. The van der Waals surface area contributed by atoms with Crippen molar-refractivity contribution in [2.45, 2.75) is 194 Å². The quantitative estimate of drug-likeness (QED) is 0.0201. The highest BCUT2D eigenvalue weighted by atomic mass is 16.6. The summed E-state index contributed by atoms with van der Waals surface area (Å²) in [7, 11) is 0. The summed E-state index contributed by atoms with van der Waals surface area (Å²) in [6, 6.07) is 0. The van der Waals surface area contributed by atoms with E-state index in [1.165, 1.54) is 83.5 Å². The zero-order chi connectivity index (χ0) is 44.4. The Kier molecular flexibility index (Phi) is 45.1. The number of carbonyl (C=O) groups excluding carboxylic acids is 3. The van der Waals surface area contributed by atoms with Crippen LogP contribution in [-0.2, 0) is 28.6 Å². The highest BCUT2D eigenvalue weighted by Gasteiger charge is 2.19. The SMILES string of the molecule is CC\C=C/C=C\C=C/C=C\C=C/CCCC(=O)OC(COC(=O)CC/C=C\C/C=C\CCCCCCCC)COC(=O)CCC/C=C\C/C=C\C/C=C\CCCCCCCC. The number of unbranched alkanes of at least 4 members (excludes halogenated alkanes) is 14. The van der Waals surface area contributed by atoms with Gasteiger partial charge >= 0.3 is 17.9 Å². The lowest BCUT2D eigenvalue weighted by Crippen LogP contribution is -2.30. The molecule has 0 aliphatic rings. The van der Waals surface area contributed by atoms with Gasteiger partial charge in [0.15, 0.2) is 6.10 Å². The summed E-state index contributed by atoms with van der Waals surface area (Å²) in [5, 5.41) is 0. The Hall–Kier alpha value is -4.19. The Morgan fingerprint density at radius 3 is 1.25 bits per heavy atom. The smallest absolute Gasteiger partial charge is 0.306 e. The molecule has 0 saturated carbocycles. The summed E-state index contributed by atoms with van der Waals surface area (Å²) in [5.41, 5.74) is 0. The molecule has 0 saturated heterocycles. The van der Waals surface area contributed by atoms with Crippen LogP contribution >= 0.6 is 0 Å². The van der Waals surface area contributed by atoms with E-state index >= 15 is 0 Å². The highest BCUT2D eigenvalue weighted by Crippen LogP contribution is 2.10. The third-order valence-electron chi connectivity index (χ3n) is 9.56. The average molecular weight is 843 g/mol. The molecule has 0 aromatic rings. The van der Waals surface area contributed by atoms with Gasteiger partial charge in [0.25, 0.3) is 0 Å². The van der Waals surface area contributed by atoms with Crippen LogP contribution in [-0.4, -0.2) is 37.2 Å². The van der Waals surface area contributed by atoms with Crippen molar-refractivity contribution < 1.29 is 28.6 Å². The number of ether oxygens (including phenoxy) is 3. The maximum atomic E-state index is 12.7. The fourth-order valence-electron chi connectivity index (χ4n) is 5.95. The van der Waals surface area contributed by atoms with Crippen LogP contribution in [0.2, 0.25) is 0 Å². The van der Waals surface area contributed by atoms with Gasteiger partial charge in [-0.15, -0.1) is 0 Å². The molecule has 0 amide bonds. The summed E-state index contributed by atoms with van der Waals surface area (Å²) in [6.07, 6.45) is 66.4. The first kappa shape index (κ1) is 56.8. The van der Waals surface area contributed by atoms with Gasteiger partial charge < -0.3 is 14.2 Å². The van der Waals surface area contributed by atoms with E-state index in [1.807, 2.05) is 60.8 Å². The van der Waals surface area contributed by atoms with Crippen molar-refractivity contribution >= 4 is 17.9 Å². The van der Waals surface area contributed by atoms with Gasteiger partial charge in [-0.3, -0.25) is 14.4 Å². The summed E-state index contributed by atoms with van der Waals surface area (Å²) in [4.78, 5) is 37.8. The first-order valence-corrected chi connectivity index (χ1v) is 24.1. The second-order valence-electron chi connectivity index (χ2n) is 15.4. The number of hydrogen-bond acceptors (Lipinski definition) is 6. The third kappa shape index (κ3) is 46.7. The van der Waals surface area contributed by atoms with Gasteiger partial charge in [0.2, 0.25) is 0 Å². The number of esters is 3. The van der Waals surface area contributed by atoms with Gasteiger partial charge in [0, 0.05) is 19.3 Å². The molecule has 6 heteroatoms. The summed E-state index contributed by atoms with van der Waals surface area (Å²) in [6.45, 7) is 6.29. The number of hydrogen-bond donors (Lipinski definition) is 0. The largest absolute Gasteiger partial charge is 0.462 e. The predicted molar refractivity (Wildman–Crippen MR) is 260 cm³/mol. The van der Waals surface area contributed by atoms with Crippen molar-refractivity contribution in [1.82, 2.24) is 0 Å². The Morgan fingerprint density at radius 1 is 0.361 bits per heavy atom. The summed E-state index contributed by atoms with van der Waals surface area (Å²) >= 11 is 0.